The predicted octanol–water partition coefficient (Wildman–Crippen LogP) is 1.86. The highest BCUT2D eigenvalue weighted by molar-refractivity contribution is 7.98. The first-order chi connectivity index (χ1) is 7.30. The number of aryl methyl sites for hydroxylation is 1. The zero-order chi connectivity index (χ0) is 11.1. The quantitative estimate of drug-likeness (QED) is 0.725. The average Bonchev–Trinajstić information content (AvgIpc) is 2.29. The van der Waals surface area contributed by atoms with E-state index in [1.165, 1.54) is 0 Å². The van der Waals surface area contributed by atoms with E-state index in [4.69, 9.17) is 0 Å². The molecule has 0 spiro atoms. The summed E-state index contributed by atoms with van der Waals surface area (Å²) in [5.41, 5.74) is 0. The van der Waals surface area contributed by atoms with Gasteiger partial charge in [0.2, 0.25) is 0 Å². The van der Waals surface area contributed by atoms with E-state index in [0.717, 1.165) is 36.2 Å². The van der Waals surface area contributed by atoms with Gasteiger partial charge in [0.25, 0.3) is 0 Å². The molecule has 5 heteroatoms. The Labute approximate surface area is 95.3 Å². The number of thioether (sulfide) groups is 1. The molecule has 1 rings (SSSR count). The van der Waals surface area contributed by atoms with Crippen molar-refractivity contribution < 1.29 is 0 Å². The average molecular weight is 226 g/mol. The summed E-state index contributed by atoms with van der Waals surface area (Å²) in [7, 11) is 1.87. The molecule has 0 fully saturated rings. The van der Waals surface area contributed by atoms with E-state index < -0.39 is 0 Å². The summed E-state index contributed by atoms with van der Waals surface area (Å²) in [6.07, 6.45) is 2.95. The van der Waals surface area contributed by atoms with E-state index in [2.05, 4.69) is 33.8 Å². The van der Waals surface area contributed by atoms with Crippen molar-refractivity contribution >= 4 is 23.4 Å². The van der Waals surface area contributed by atoms with Crippen molar-refractivity contribution in [1.29, 1.82) is 0 Å². The van der Waals surface area contributed by atoms with Gasteiger partial charge in [-0.05, 0) is 6.26 Å². The van der Waals surface area contributed by atoms with Gasteiger partial charge in [-0.1, -0.05) is 6.92 Å². The van der Waals surface area contributed by atoms with E-state index >= 15 is 0 Å². The highest BCUT2D eigenvalue weighted by Gasteiger charge is 2.01. The molecule has 0 bridgehead atoms. The number of nitrogens with one attached hydrogen (secondary N) is 2. The SMILES string of the molecule is CCc1nc(NC)cc(NCCSC)n1. The summed E-state index contributed by atoms with van der Waals surface area (Å²) in [6, 6.07) is 1.93. The van der Waals surface area contributed by atoms with Gasteiger partial charge in [0.1, 0.15) is 17.5 Å². The fraction of sp³-hybridized carbons (Fsp3) is 0.600. The summed E-state index contributed by atoms with van der Waals surface area (Å²) in [6.45, 7) is 2.99. The van der Waals surface area contributed by atoms with Crippen LogP contribution in [0.4, 0.5) is 11.6 Å². The van der Waals surface area contributed by atoms with Crippen LogP contribution in [0.5, 0.6) is 0 Å². The zero-order valence-corrected chi connectivity index (χ0v) is 10.3. The van der Waals surface area contributed by atoms with Gasteiger partial charge < -0.3 is 10.6 Å². The molecule has 4 nitrogen and oxygen atoms in total. The Hall–Kier alpha value is -0.970. The first-order valence-electron chi connectivity index (χ1n) is 5.08. The number of hydrogen-bond acceptors (Lipinski definition) is 5. The fourth-order valence-corrected chi connectivity index (χ4v) is 1.46. The summed E-state index contributed by atoms with van der Waals surface area (Å²) in [5.74, 6) is 3.72. The van der Waals surface area contributed by atoms with Crippen LogP contribution in [0.25, 0.3) is 0 Å². The Morgan fingerprint density at radius 2 is 2.07 bits per heavy atom. The van der Waals surface area contributed by atoms with Gasteiger partial charge in [0.05, 0.1) is 0 Å². The van der Waals surface area contributed by atoms with Crippen molar-refractivity contribution in [3.05, 3.63) is 11.9 Å². The molecule has 1 aromatic heterocycles. The standard InChI is InChI=1S/C10H18N4S/c1-4-8-13-9(11-2)7-10(14-8)12-5-6-15-3/h7H,4-6H2,1-3H3,(H2,11,12,13,14). The molecule has 1 heterocycles. The molecule has 15 heavy (non-hydrogen) atoms. The van der Waals surface area contributed by atoms with Crippen molar-refractivity contribution in [2.75, 3.05) is 36.2 Å². The second kappa shape index (κ2) is 6.50. The third-order valence-corrected chi connectivity index (χ3v) is 2.57. The Balaban J connectivity index is 2.68. The second-order valence-corrected chi connectivity index (χ2v) is 4.06. The molecular weight excluding hydrogens is 208 g/mol. The lowest BCUT2D eigenvalue weighted by molar-refractivity contribution is 0.938. The van der Waals surface area contributed by atoms with Crippen LogP contribution in [0.15, 0.2) is 6.07 Å². The van der Waals surface area contributed by atoms with Crippen LogP contribution >= 0.6 is 11.8 Å². The first kappa shape index (κ1) is 12.1. The highest BCUT2D eigenvalue weighted by Crippen LogP contribution is 2.11. The molecule has 0 aromatic carbocycles. The Morgan fingerprint density at radius 1 is 1.33 bits per heavy atom. The molecule has 2 N–H and O–H groups in total. The van der Waals surface area contributed by atoms with Gasteiger partial charge in [-0.15, -0.1) is 0 Å². The van der Waals surface area contributed by atoms with Crippen LogP contribution < -0.4 is 10.6 Å². The van der Waals surface area contributed by atoms with Gasteiger partial charge >= 0.3 is 0 Å². The molecule has 0 aliphatic carbocycles. The van der Waals surface area contributed by atoms with Crippen molar-refractivity contribution in [2.24, 2.45) is 0 Å². The second-order valence-electron chi connectivity index (χ2n) is 3.08. The lowest BCUT2D eigenvalue weighted by Gasteiger charge is -2.08. The van der Waals surface area contributed by atoms with Crippen molar-refractivity contribution in [3.63, 3.8) is 0 Å². The van der Waals surface area contributed by atoms with Gasteiger partial charge in [-0.25, -0.2) is 9.97 Å². The van der Waals surface area contributed by atoms with Crippen LogP contribution in [-0.2, 0) is 6.42 Å². The van der Waals surface area contributed by atoms with E-state index in [-0.39, 0.29) is 0 Å². The Morgan fingerprint density at radius 3 is 2.67 bits per heavy atom. The molecule has 0 aliphatic heterocycles. The summed E-state index contributed by atoms with van der Waals surface area (Å²) >= 11 is 1.82. The van der Waals surface area contributed by atoms with Gasteiger partial charge in [0, 0.05) is 31.8 Å². The van der Waals surface area contributed by atoms with Crippen molar-refractivity contribution in [3.8, 4) is 0 Å². The van der Waals surface area contributed by atoms with Gasteiger partial charge in [-0.3, -0.25) is 0 Å². The van der Waals surface area contributed by atoms with E-state index in [1.54, 1.807) is 0 Å². The normalized spacial score (nSPS) is 10.1. The number of rotatable bonds is 6. The molecule has 0 saturated carbocycles. The number of hydrogen-bond donors (Lipinski definition) is 2. The molecule has 84 valence electrons. The zero-order valence-electron chi connectivity index (χ0n) is 9.50. The topological polar surface area (TPSA) is 49.8 Å². The molecule has 0 amide bonds. The smallest absolute Gasteiger partial charge is 0.132 e. The fourth-order valence-electron chi connectivity index (χ4n) is 1.16. The third kappa shape index (κ3) is 3.95. The maximum absolute atomic E-state index is 4.40. The molecule has 0 atom stereocenters. The van der Waals surface area contributed by atoms with Crippen LogP contribution in [0.3, 0.4) is 0 Å². The minimum Gasteiger partial charge on any atom is -0.373 e. The number of nitrogens with zero attached hydrogens (tertiary/aromatic N) is 2. The van der Waals surface area contributed by atoms with Crippen LogP contribution in [0.1, 0.15) is 12.7 Å². The largest absolute Gasteiger partial charge is 0.373 e. The van der Waals surface area contributed by atoms with Crippen molar-refractivity contribution in [1.82, 2.24) is 9.97 Å². The summed E-state index contributed by atoms with van der Waals surface area (Å²) < 4.78 is 0. The lowest BCUT2D eigenvalue weighted by atomic mass is 10.4. The van der Waals surface area contributed by atoms with Crippen LogP contribution in [0, 0.1) is 0 Å². The minimum atomic E-state index is 0.854. The summed E-state index contributed by atoms with van der Waals surface area (Å²) in [5, 5.41) is 6.32. The predicted molar refractivity (Wildman–Crippen MR) is 67.8 cm³/mol. The van der Waals surface area contributed by atoms with E-state index in [1.807, 2.05) is 24.9 Å². The molecule has 0 unspecified atom stereocenters. The first-order valence-corrected chi connectivity index (χ1v) is 6.48. The lowest BCUT2D eigenvalue weighted by Crippen LogP contribution is -2.08. The van der Waals surface area contributed by atoms with Crippen LogP contribution in [-0.4, -0.2) is 35.6 Å². The van der Waals surface area contributed by atoms with Crippen LogP contribution in [0.2, 0.25) is 0 Å². The van der Waals surface area contributed by atoms with Crippen molar-refractivity contribution in [2.45, 2.75) is 13.3 Å². The maximum Gasteiger partial charge on any atom is 0.132 e. The van der Waals surface area contributed by atoms with E-state index in [0.29, 0.717) is 0 Å². The number of aromatic nitrogens is 2. The molecule has 1 aromatic rings. The van der Waals surface area contributed by atoms with E-state index in [9.17, 15) is 0 Å². The molecule has 0 aliphatic rings. The Bertz CT molecular complexity index is 281. The number of anilines is 2. The van der Waals surface area contributed by atoms with Gasteiger partial charge in [-0.2, -0.15) is 11.8 Å². The van der Waals surface area contributed by atoms with Gasteiger partial charge in [0.15, 0.2) is 0 Å². The molecular formula is C10H18N4S. The monoisotopic (exact) mass is 226 g/mol. The minimum absolute atomic E-state index is 0.854. The summed E-state index contributed by atoms with van der Waals surface area (Å²) in [4.78, 5) is 8.73. The maximum atomic E-state index is 4.40. The molecule has 0 saturated heterocycles. The molecule has 0 radical (unpaired) electrons. The Kier molecular flexibility index (Phi) is 5.25. The third-order valence-electron chi connectivity index (χ3n) is 1.96. The highest BCUT2D eigenvalue weighted by atomic mass is 32.2.